The highest BCUT2D eigenvalue weighted by Gasteiger charge is 2.22. The lowest BCUT2D eigenvalue weighted by molar-refractivity contribution is 0.315. The number of hydrogen-bond acceptors (Lipinski definition) is 3. The largest absolute Gasteiger partial charge is 0.319 e. The molecular formula is C12H17Cl2N3. The van der Waals surface area contributed by atoms with E-state index in [2.05, 4.69) is 15.2 Å². The fraction of sp³-hybridized carbons (Fsp3) is 0.583. The molecule has 1 aliphatic heterocycles. The van der Waals surface area contributed by atoms with Crippen LogP contribution in [0.2, 0.25) is 10.2 Å². The van der Waals surface area contributed by atoms with Crippen LogP contribution in [0.15, 0.2) is 12.3 Å². The van der Waals surface area contributed by atoms with E-state index in [1.165, 1.54) is 6.42 Å². The first kappa shape index (κ1) is 13.1. The van der Waals surface area contributed by atoms with Gasteiger partial charge in [0.2, 0.25) is 0 Å². The summed E-state index contributed by atoms with van der Waals surface area (Å²) < 4.78 is 0. The summed E-state index contributed by atoms with van der Waals surface area (Å²) >= 11 is 11.9. The van der Waals surface area contributed by atoms with Gasteiger partial charge >= 0.3 is 0 Å². The van der Waals surface area contributed by atoms with Gasteiger partial charge < -0.3 is 5.32 Å². The summed E-state index contributed by atoms with van der Waals surface area (Å²) in [5.41, 5.74) is 1.06. The summed E-state index contributed by atoms with van der Waals surface area (Å²) in [6.07, 6.45) is 3.02. The predicted molar refractivity (Wildman–Crippen MR) is 71.6 cm³/mol. The van der Waals surface area contributed by atoms with E-state index in [0.29, 0.717) is 10.2 Å². The van der Waals surface area contributed by atoms with Crippen LogP contribution in [0.4, 0.5) is 0 Å². The minimum absolute atomic E-state index is 0.452. The smallest absolute Gasteiger partial charge is 0.130 e. The van der Waals surface area contributed by atoms with Crippen LogP contribution in [0.3, 0.4) is 0 Å². The highest BCUT2D eigenvalue weighted by molar-refractivity contribution is 6.34. The van der Waals surface area contributed by atoms with Crippen molar-refractivity contribution in [2.75, 3.05) is 26.7 Å². The van der Waals surface area contributed by atoms with E-state index in [1.54, 1.807) is 12.3 Å². The van der Waals surface area contributed by atoms with Gasteiger partial charge in [0.1, 0.15) is 5.15 Å². The van der Waals surface area contributed by atoms with Crippen LogP contribution < -0.4 is 5.32 Å². The zero-order valence-electron chi connectivity index (χ0n) is 9.92. The van der Waals surface area contributed by atoms with Gasteiger partial charge in [0.25, 0.3) is 0 Å². The Labute approximate surface area is 112 Å². The number of pyridine rings is 1. The van der Waals surface area contributed by atoms with Gasteiger partial charge in [-0.2, -0.15) is 0 Å². The Bertz CT molecular complexity index is 384. The van der Waals surface area contributed by atoms with E-state index in [1.807, 2.05) is 7.05 Å². The maximum absolute atomic E-state index is 6.14. The summed E-state index contributed by atoms with van der Waals surface area (Å²) in [5.74, 6) is 0.749. The molecule has 1 atom stereocenters. The molecule has 2 rings (SSSR count). The molecule has 0 amide bonds. The summed E-state index contributed by atoms with van der Waals surface area (Å²) in [5, 5.41) is 4.39. The molecule has 2 heterocycles. The Hall–Kier alpha value is -0.350. The summed E-state index contributed by atoms with van der Waals surface area (Å²) in [4.78, 5) is 6.49. The average molecular weight is 274 g/mol. The molecule has 1 fully saturated rings. The van der Waals surface area contributed by atoms with Crippen LogP contribution in [-0.4, -0.2) is 36.6 Å². The quantitative estimate of drug-likeness (QED) is 0.855. The van der Waals surface area contributed by atoms with Crippen molar-refractivity contribution in [2.45, 2.75) is 13.0 Å². The molecule has 0 saturated carbocycles. The third kappa shape index (κ3) is 3.55. The lowest BCUT2D eigenvalue weighted by atomic mass is 10.1. The summed E-state index contributed by atoms with van der Waals surface area (Å²) in [6.45, 7) is 4.21. The molecule has 3 nitrogen and oxygen atoms in total. The van der Waals surface area contributed by atoms with Crippen molar-refractivity contribution in [3.63, 3.8) is 0 Å². The van der Waals surface area contributed by atoms with Crippen LogP contribution in [0, 0.1) is 5.92 Å². The number of nitrogens with zero attached hydrogens (tertiary/aromatic N) is 2. The first-order valence-electron chi connectivity index (χ1n) is 5.86. The maximum Gasteiger partial charge on any atom is 0.130 e. The SMILES string of the molecule is CNCC1CCN(Cc2cnc(Cl)cc2Cl)C1. The van der Waals surface area contributed by atoms with Gasteiger partial charge in [0.05, 0.1) is 0 Å². The van der Waals surface area contributed by atoms with Crippen molar-refractivity contribution in [3.8, 4) is 0 Å². The second-order valence-electron chi connectivity index (χ2n) is 4.55. The van der Waals surface area contributed by atoms with Gasteiger partial charge in [-0.25, -0.2) is 4.98 Å². The molecule has 1 unspecified atom stereocenters. The van der Waals surface area contributed by atoms with Crippen molar-refractivity contribution in [1.29, 1.82) is 0 Å². The molecule has 0 spiro atoms. The standard InChI is InChI=1S/C12H17Cl2N3/c1-15-5-9-2-3-17(7-9)8-10-6-16-12(14)4-11(10)13/h4,6,9,15H,2-3,5,7-8H2,1H3. The van der Waals surface area contributed by atoms with Crippen molar-refractivity contribution < 1.29 is 0 Å². The predicted octanol–water partition coefficient (Wildman–Crippen LogP) is 2.43. The molecule has 1 N–H and O–H groups in total. The molecule has 0 bridgehead atoms. The lowest BCUT2D eigenvalue weighted by Gasteiger charge is -2.16. The molecule has 1 aromatic heterocycles. The normalized spacial score (nSPS) is 21.0. The van der Waals surface area contributed by atoms with Gasteiger partial charge in [0, 0.05) is 29.9 Å². The molecule has 1 aliphatic rings. The van der Waals surface area contributed by atoms with Crippen LogP contribution in [-0.2, 0) is 6.54 Å². The maximum atomic E-state index is 6.14. The van der Waals surface area contributed by atoms with Gasteiger partial charge in [-0.3, -0.25) is 4.90 Å². The molecule has 5 heteroatoms. The minimum atomic E-state index is 0.452. The molecule has 0 radical (unpaired) electrons. The van der Waals surface area contributed by atoms with E-state index in [4.69, 9.17) is 23.2 Å². The Balaban J connectivity index is 1.93. The van der Waals surface area contributed by atoms with Gasteiger partial charge in [-0.05, 0) is 38.5 Å². The molecule has 1 aromatic rings. The van der Waals surface area contributed by atoms with Crippen LogP contribution in [0.1, 0.15) is 12.0 Å². The number of halogens is 2. The third-order valence-electron chi connectivity index (χ3n) is 3.15. The fourth-order valence-electron chi connectivity index (χ4n) is 2.30. The lowest BCUT2D eigenvalue weighted by Crippen LogP contribution is -2.24. The molecule has 1 saturated heterocycles. The van der Waals surface area contributed by atoms with E-state index < -0.39 is 0 Å². The van der Waals surface area contributed by atoms with Crippen molar-refractivity contribution >= 4 is 23.2 Å². The van der Waals surface area contributed by atoms with Gasteiger partial charge in [-0.15, -0.1) is 0 Å². The Morgan fingerprint density at radius 1 is 1.53 bits per heavy atom. The Morgan fingerprint density at radius 3 is 3.06 bits per heavy atom. The third-order valence-corrected chi connectivity index (χ3v) is 3.71. The highest BCUT2D eigenvalue weighted by atomic mass is 35.5. The minimum Gasteiger partial charge on any atom is -0.319 e. The first-order valence-corrected chi connectivity index (χ1v) is 6.61. The molecule has 94 valence electrons. The Kier molecular flexibility index (Phi) is 4.62. The first-order chi connectivity index (χ1) is 8.19. The van der Waals surface area contributed by atoms with E-state index in [9.17, 15) is 0 Å². The van der Waals surface area contributed by atoms with E-state index in [0.717, 1.165) is 37.7 Å². The van der Waals surface area contributed by atoms with Crippen LogP contribution >= 0.6 is 23.2 Å². The van der Waals surface area contributed by atoms with Crippen molar-refractivity contribution in [2.24, 2.45) is 5.92 Å². The average Bonchev–Trinajstić information content (AvgIpc) is 2.71. The zero-order valence-corrected chi connectivity index (χ0v) is 11.4. The number of aromatic nitrogens is 1. The second-order valence-corrected chi connectivity index (χ2v) is 5.34. The summed E-state index contributed by atoms with van der Waals surface area (Å²) in [7, 11) is 2.00. The zero-order chi connectivity index (χ0) is 12.3. The van der Waals surface area contributed by atoms with E-state index in [-0.39, 0.29) is 0 Å². The van der Waals surface area contributed by atoms with Gasteiger partial charge in [-0.1, -0.05) is 23.2 Å². The van der Waals surface area contributed by atoms with Crippen LogP contribution in [0.25, 0.3) is 0 Å². The number of nitrogens with one attached hydrogen (secondary N) is 1. The molecule has 0 aliphatic carbocycles. The highest BCUT2D eigenvalue weighted by Crippen LogP contribution is 2.23. The second kappa shape index (κ2) is 6.01. The number of rotatable bonds is 4. The van der Waals surface area contributed by atoms with Crippen LogP contribution in [0.5, 0.6) is 0 Å². The molecule has 17 heavy (non-hydrogen) atoms. The van der Waals surface area contributed by atoms with E-state index >= 15 is 0 Å². The van der Waals surface area contributed by atoms with Crippen molar-refractivity contribution in [3.05, 3.63) is 28.0 Å². The Morgan fingerprint density at radius 2 is 2.35 bits per heavy atom. The number of likely N-dealkylation sites (tertiary alicyclic amines) is 1. The number of hydrogen-bond donors (Lipinski definition) is 1. The molecular weight excluding hydrogens is 257 g/mol. The fourth-order valence-corrected chi connectivity index (χ4v) is 2.73. The topological polar surface area (TPSA) is 28.2 Å². The molecule has 0 aromatic carbocycles. The summed E-state index contributed by atoms with van der Waals surface area (Å²) in [6, 6.07) is 1.71. The van der Waals surface area contributed by atoms with Crippen molar-refractivity contribution in [1.82, 2.24) is 15.2 Å². The van der Waals surface area contributed by atoms with Gasteiger partial charge in [0.15, 0.2) is 0 Å². The monoisotopic (exact) mass is 273 g/mol.